The summed E-state index contributed by atoms with van der Waals surface area (Å²) in [5, 5.41) is 0. The third-order valence-electron chi connectivity index (χ3n) is 4.37. The predicted octanol–water partition coefficient (Wildman–Crippen LogP) is 6.23. The Bertz CT molecular complexity index is 382. The van der Waals surface area contributed by atoms with Crippen LogP contribution in [0.15, 0.2) is 12.2 Å². The lowest BCUT2D eigenvalue weighted by Crippen LogP contribution is -2.28. The third-order valence-corrected chi connectivity index (χ3v) is 4.37. The van der Waals surface area contributed by atoms with Crippen LogP contribution in [-0.4, -0.2) is 18.7 Å². The number of amides is 1. The normalized spacial score (nSPS) is 10.4. The van der Waals surface area contributed by atoms with E-state index in [0.717, 1.165) is 12.8 Å². The van der Waals surface area contributed by atoms with Gasteiger partial charge >= 0.3 is 12.1 Å². The molecule has 0 rings (SSSR count). The number of unbranched alkanes of at least 4 members (excludes halogenated alkanes) is 12. The third kappa shape index (κ3) is 16.0. The molecule has 0 aliphatic rings. The molecule has 1 N–H and O–H groups in total. The SMILES string of the molecule is C=C(CCCCCCCCCCCCCCC)C(=O)ONC(=O)OCC. The van der Waals surface area contributed by atoms with Crippen molar-refractivity contribution in [1.82, 2.24) is 5.48 Å². The number of ether oxygens (including phenoxy) is 1. The first-order valence-electron chi connectivity index (χ1n) is 10.4. The van der Waals surface area contributed by atoms with Gasteiger partial charge in [-0.1, -0.05) is 90.6 Å². The average Bonchev–Trinajstić information content (AvgIpc) is 2.63. The van der Waals surface area contributed by atoms with Gasteiger partial charge in [-0.15, -0.1) is 5.48 Å². The summed E-state index contributed by atoms with van der Waals surface area (Å²) in [6.45, 7) is 7.86. The molecule has 0 atom stereocenters. The zero-order chi connectivity index (χ0) is 19.5. The van der Waals surface area contributed by atoms with Crippen molar-refractivity contribution >= 4 is 12.1 Å². The maximum atomic E-state index is 11.6. The monoisotopic (exact) mass is 369 g/mol. The van der Waals surface area contributed by atoms with Crippen LogP contribution < -0.4 is 5.48 Å². The Balaban J connectivity index is 3.37. The fourth-order valence-electron chi connectivity index (χ4n) is 2.78. The standard InChI is InChI=1S/C21H39NO4/c1-4-6-7-8-9-10-11-12-13-14-15-16-17-18-19(3)20(23)26-22-21(24)25-5-2/h3-18H2,1-2H3,(H,22,24). The summed E-state index contributed by atoms with van der Waals surface area (Å²) in [5.74, 6) is -0.600. The van der Waals surface area contributed by atoms with Crippen LogP contribution >= 0.6 is 0 Å². The van der Waals surface area contributed by atoms with Gasteiger partial charge in [0.25, 0.3) is 0 Å². The van der Waals surface area contributed by atoms with Gasteiger partial charge in [0.05, 0.1) is 6.61 Å². The molecule has 5 heteroatoms. The van der Waals surface area contributed by atoms with Crippen LogP contribution in [0.25, 0.3) is 0 Å². The molecule has 0 aromatic carbocycles. The number of hydrogen-bond donors (Lipinski definition) is 1. The molecule has 0 radical (unpaired) electrons. The van der Waals surface area contributed by atoms with E-state index in [2.05, 4.69) is 23.1 Å². The highest BCUT2D eigenvalue weighted by Gasteiger charge is 2.11. The van der Waals surface area contributed by atoms with Gasteiger partial charge in [-0.25, -0.2) is 9.59 Å². The molecule has 0 saturated carbocycles. The minimum atomic E-state index is -0.769. The lowest BCUT2D eigenvalue weighted by atomic mass is 10.0. The molecule has 0 spiro atoms. The quantitative estimate of drug-likeness (QED) is 0.199. The van der Waals surface area contributed by atoms with Crippen molar-refractivity contribution in [2.24, 2.45) is 0 Å². The molecule has 1 amide bonds. The first kappa shape index (κ1) is 24.5. The summed E-state index contributed by atoms with van der Waals surface area (Å²) >= 11 is 0. The van der Waals surface area contributed by atoms with E-state index in [1.807, 2.05) is 5.48 Å². The first-order chi connectivity index (χ1) is 12.6. The highest BCUT2D eigenvalue weighted by atomic mass is 16.7. The molecule has 0 aliphatic heterocycles. The fraction of sp³-hybridized carbons (Fsp3) is 0.810. The maximum Gasteiger partial charge on any atom is 0.440 e. The van der Waals surface area contributed by atoms with Crippen molar-refractivity contribution in [2.75, 3.05) is 6.61 Å². The smallest absolute Gasteiger partial charge is 0.440 e. The predicted molar refractivity (Wildman–Crippen MR) is 106 cm³/mol. The van der Waals surface area contributed by atoms with Gasteiger partial charge in [0, 0.05) is 5.57 Å². The Morgan fingerprint density at radius 2 is 1.23 bits per heavy atom. The molecule has 0 aromatic heterocycles. The molecule has 26 heavy (non-hydrogen) atoms. The summed E-state index contributed by atoms with van der Waals surface area (Å²) in [6.07, 6.45) is 16.6. The van der Waals surface area contributed by atoms with Crippen molar-refractivity contribution in [1.29, 1.82) is 0 Å². The van der Waals surface area contributed by atoms with Crippen molar-refractivity contribution in [2.45, 2.75) is 104 Å². The minimum Gasteiger partial charge on any atom is -0.448 e. The molecular formula is C21H39NO4. The van der Waals surface area contributed by atoms with Gasteiger partial charge in [0.15, 0.2) is 0 Å². The van der Waals surface area contributed by atoms with Crippen molar-refractivity contribution < 1.29 is 19.2 Å². The average molecular weight is 370 g/mol. The lowest BCUT2D eigenvalue weighted by Gasteiger charge is -2.07. The van der Waals surface area contributed by atoms with Crippen LogP contribution in [0.3, 0.4) is 0 Å². The number of hydroxylamine groups is 1. The molecule has 5 nitrogen and oxygen atoms in total. The second-order valence-corrected chi connectivity index (χ2v) is 6.81. The van der Waals surface area contributed by atoms with Gasteiger partial charge in [0.2, 0.25) is 0 Å². The number of rotatable bonds is 16. The van der Waals surface area contributed by atoms with Crippen LogP contribution in [0.5, 0.6) is 0 Å². The molecule has 0 aliphatic carbocycles. The van der Waals surface area contributed by atoms with Gasteiger partial charge in [0.1, 0.15) is 0 Å². The highest BCUT2D eigenvalue weighted by molar-refractivity contribution is 5.88. The second-order valence-electron chi connectivity index (χ2n) is 6.81. The Morgan fingerprint density at radius 1 is 0.769 bits per heavy atom. The molecule has 0 heterocycles. The molecule has 152 valence electrons. The summed E-state index contributed by atoms with van der Waals surface area (Å²) in [7, 11) is 0. The summed E-state index contributed by atoms with van der Waals surface area (Å²) in [5.41, 5.74) is 2.32. The van der Waals surface area contributed by atoms with Gasteiger partial charge in [-0.2, -0.15) is 0 Å². The molecule has 0 fully saturated rings. The Morgan fingerprint density at radius 3 is 1.69 bits per heavy atom. The van der Waals surface area contributed by atoms with Crippen LogP contribution in [0.4, 0.5) is 4.79 Å². The first-order valence-corrected chi connectivity index (χ1v) is 10.4. The van der Waals surface area contributed by atoms with Crippen LogP contribution in [0.2, 0.25) is 0 Å². The van der Waals surface area contributed by atoms with Crippen LogP contribution in [0, 0.1) is 0 Å². The van der Waals surface area contributed by atoms with E-state index >= 15 is 0 Å². The highest BCUT2D eigenvalue weighted by Crippen LogP contribution is 2.14. The van der Waals surface area contributed by atoms with Crippen molar-refractivity contribution in [3.63, 3.8) is 0 Å². The van der Waals surface area contributed by atoms with E-state index in [4.69, 9.17) is 0 Å². The van der Waals surface area contributed by atoms with Gasteiger partial charge in [-0.3, -0.25) is 0 Å². The zero-order valence-corrected chi connectivity index (χ0v) is 16.9. The van der Waals surface area contributed by atoms with Crippen LogP contribution in [0.1, 0.15) is 104 Å². The minimum absolute atomic E-state index is 0.225. The zero-order valence-electron chi connectivity index (χ0n) is 16.9. The number of carbonyl (C=O) groups excluding carboxylic acids is 2. The lowest BCUT2D eigenvalue weighted by molar-refractivity contribution is -0.145. The van der Waals surface area contributed by atoms with Gasteiger partial charge < -0.3 is 9.57 Å². The number of nitrogens with one attached hydrogen (secondary N) is 1. The number of hydrogen-bond acceptors (Lipinski definition) is 4. The van der Waals surface area contributed by atoms with E-state index in [9.17, 15) is 9.59 Å². The summed E-state index contributed by atoms with van der Waals surface area (Å²) in [6, 6.07) is 0. The fourth-order valence-corrected chi connectivity index (χ4v) is 2.78. The van der Waals surface area contributed by atoms with E-state index < -0.39 is 12.1 Å². The largest absolute Gasteiger partial charge is 0.448 e. The Labute approximate surface area is 159 Å². The molecule has 0 bridgehead atoms. The summed E-state index contributed by atoms with van der Waals surface area (Å²) < 4.78 is 4.60. The Hall–Kier alpha value is -1.52. The van der Waals surface area contributed by atoms with E-state index in [1.54, 1.807) is 6.92 Å². The van der Waals surface area contributed by atoms with E-state index in [0.29, 0.717) is 12.0 Å². The molecule has 0 aromatic rings. The molecule has 0 unspecified atom stereocenters. The summed E-state index contributed by atoms with van der Waals surface area (Å²) in [4.78, 5) is 27.2. The van der Waals surface area contributed by atoms with E-state index in [1.165, 1.54) is 70.6 Å². The van der Waals surface area contributed by atoms with E-state index in [-0.39, 0.29) is 6.61 Å². The number of carbonyl (C=O) groups is 2. The van der Waals surface area contributed by atoms with Crippen molar-refractivity contribution in [3.05, 3.63) is 12.2 Å². The second kappa shape index (κ2) is 18.3. The molecule has 0 saturated heterocycles. The van der Waals surface area contributed by atoms with Crippen LogP contribution in [-0.2, 0) is 14.4 Å². The Kier molecular flexibility index (Phi) is 17.2. The van der Waals surface area contributed by atoms with Crippen molar-refractivity contribution in [3.8, 4) is 0 Å². The maximum absolute atomic E-state index is 11.6. The topological polar surface area (TPSA) is 64.6 Å². The molecular weight excluding hydrogens is 330 g/mol. The van der Waals surface area contributed by atoms with Gasteiger partial charge in [-0.05, 0) is 19.8 Å².